The van der Waals surface area contributed by atoms with Gasteiger partial charge >= 0.3 is 5.97 Å². The van der Waals surface area contributed by atoms with Crippen LogP contribution in [0.15, 0.2) is 94.4 Å². The Hall–Kier alpha value is -4.45. The topological polar surface area (TPSA) is 207 Å². The summed E-state index contributed by atoms with van der Waals surface area (Å²) in [6.07, 6.45) is 8.71. The van der Waals surface area contributed by atoms with E-state index in [2.05, 4.69) is 37.2 Å². The molecule has 0 unspecified atom stereocenters. The maximum Gasteiger partial charge on any atom is 0.303 e. The molecule has 16 heteroatoms. The van der Waals surface area contributed by atoms with Crippen molar-refractivity contribution in [3.8, 4) is 0 Å². The fraction of sp³-hybridized carbons (Fsp3) is 0.366. The van der Waals surface area contributed by atoms with Crippen LogP contribution in [0.1, 0.15) is 77.3 Å². The normalized spacial score (nSPS) is 17.3. The van der Waals surface area contributed by atoms with Gasteiger partial charge in [0.25, 0.3) is 30.4 Å². The Morgan fingerprint density at radius 3 is 1.89 bits per heavy atom. The molecule has 4 N–H and O–H groups in total. The van der Waals surface area contributed by atoms with Gasteiger partial charge in [-0.2, -0.15) is 29.8 Å². The minimum atomic E-state index is -4.44. The lowest BCUT2D eigenvalue weighted by Gasteiger charge is -2.27. The first-order valence-corrected chi connectivity index (χ1v) is 23.1. The molecule has 0 bridgehead atoms. The summed E-state index contributed by atoms with van der Waals surface area (Å²) < 4.78 is 102. The van der Waals surface area contributed by atoms with Crippen molar-refractivity contribution >= 4 is 75.0 Å². The number of benzene rings is 4. The predicted molar refractivity (Wildman–Crippen MR) is 220 cm³/mol. The van der Waals surface area contributed by atoms with E-state index in [-0.39, 0.29) is 28.4 Å². The van der Waals surface area contributed by atoms with Gasteiger partial charge in [-0.1, -0.05) is 38.1 Å². The van der Waals surface area contributed by atoms with E-state index in [9.17, 15) is 43.7 Å². The van der Waals surface area contributed by atoms with E-state index in [1.165, 1.54) is 24.3 Å². The van der Waals surface area contributed by atoms with Gasteiger partial charge in [0.15, 0.2) is 5.71 Å². The van der Waals surface area contributed by atoms with Crippen LogP contribution in [-0.2, 0) is 46.0 Å². The molecule has 0 amide bonds. The summed E-state index contributed by atoms with van der Waals surface area (Å²) in [7, 11) is -13.0. The van der Waals surface area contributed by atoms with E-state index < -0.39 is 47.2 Å². The highest BCUT2D eigenvalue weighted by atomic mass is 32.2. The Morgan fingerprint density at radius 2 is 1.32 bits per heavy atom. The Bertz CT molecular complexity index is 2730. The van der Waals surface area contributed by atoms with Crippen molar-refractivity contribution in [2.24, 2.45) is 0 Å². The highest BCUT2D eigenvalue weighted by Gasteiger charge is 2.46. The van der Waals surface area contributed by atoms with Crippen LogP contribution in [0, 0.1) is 0 Å². The molecule has 304 valence electrons. The number of hydrogen-bond donors (Lipinski definition) is 4. The van der Waals surface area contributed by atoms with Gasteiger partial charge in [0.2, 0.25) is 5.69 Å². The second-order valence-corrected chi connectivity index (χ2v) is 20.1. The Kier molecular flexibility index (Phi) is 11.4. The van der Waals surface area contributed by atoms with Crippen LogP contribution in [-0.4, -0.2) is 79.1 Å². The van der Waals surface area contributed by atoms with Crippen molar-refractivity contribution in [3.05, 3.63) is 95.7 Å². The number of carbonyl (C=O) groups is 1. The molecule has 57 heavy (non-hydrogen) atoms. The third-order valence-corrected chi connectivity index (χ3v) is 13.5. The van der Waals surface area contributed by atoms with E-state index in [4.69, 9.17) is 5.11 Å². The van der Waals surface area contributed by atoms with Gasteiger partial charge in [0.05, 0.1) is 21.0 Å². The van der Waals surface area contributed by atoms with Crippen LogP contribution < -0.4 is 4.90 Å². The number of carboxylic acids is 1. The number of anilines is 1. The smallest absolute Gasteiger partial charge is 0.303 e. The van der Waals surface area contributed by atoms with E-state index in [1.54, 1.807) is 18.2 Å². The minimum absolute atomic E-state index is 0.0777. The monoisotopic (exact) mass is 839 g/mol. The maximum absolute atomic E-state index is 12.0. The number of nitrogens with zero attached hydrogens (tertiary/aromatic N) is 2. The van der Waals surface area contributed by atoms with Crippen LogP contribution in [0.25, 0.3) is 21.5 Å². The molecule has 13 nitrogen and oxygen atoms in total. The number of aliphatic carboxylic acids is 1. The van der Waals surface area contributed by atoms with Crippen LogP contribution >= 0.6 is 0 Å². The lowest BCUT2D eigenvalue weighted by molar-refractivity contribution is -0.438. The van der Waals surface area contributed by atoms with Gasteiger partial charge in [0.1, 0.15) is 6.54 Å². The molecule has 0 spiro atoms. The summed E-state index contributed by atoms with van der Waals surface area (Å²) in [5, 5.41) is 12.1. The molecule has 0 aromatic heterocycles. The molecule has 0 saturated carbocycles. The maximum atomic E-state index is 12.0. The zero-order valence-corrected chi connectivity index (χ0v) is 34.6. The zero-order valence-electron chi connectivity index (χ0n) is 32.1. The highest BCUT2D eigenvalue weighted by Crippen LogP contribution is 2.51. The van der Waals surface area contributed by atoms with Crippen molar-refractivity contribution < 1.29 is 53.4 Å². The first kappa shape index (κ1) is 42.2. The van der Waals surface area contributed by atoms with Gasteiger partial charge in [-0.05, 0) is 109 Å². The molecular weight excluding hydrogens is 793 g/mol. The summed E-state index contributed by atoms with van der Waals surface area (Å²) in [4.78, 5) is 12.9. The van der Waals surface area contributed by atoms with Crippen LogP contribution in [0.3, 0.4) is 0 Å². The fourth-order valence-electron chi connectivity index (χ4n) is 8.45. The molecule has 0 fully saturated rings. The molecule has 4 aromatic rings. The first-order chi connectivity index (χ1) is 26.5. The molecule has 6 rings (SSSR count). The lowest BCUT2D eigenvalue weighted by atomic mass is 9.79. The highest BCUT2D eigenvalue weighted by molar-refractivity contribution is 7.86. The fourth-order valence-corrected chi connectivity index (χ4v) is 10.1. The van der Waals surface area contributed by atoms with Gasteiger partial charge in [-0.15, -0.1) is 0 Å². The average molecular weight is 840 g/mol. The summed E-state index contributed by atoms with van der Waals surface area (Å²) >= 11 is 0. The van der Waals surface area contributed by atoms with E-state index in [0.717, 1.165) is 44.7 Å². The molecule has 0 radical (unpaired) electrons. The number of rotatable bonds is 15. The number of allylic oxidation sites excluding steroid dienone is 4. The summed E-state index contributed by atoms with van der Waals surface area (Å²) in [6.45, 7) is 9.30. The second kappa shape index (κ2) is 15.4. The number of hydrogen-bond acceptors (Lipinski definition) is 8. The number of unbranched alkanes of at least 4 members (excludes halogenated alkanes) is 3. The van der Waals surface area contributed by atoms with Gasteiger partial charge < -0.3 is 10.0 Å². The molecule has 0 saturated heterocycles. The van der Waals surface area contributed by atoms with Crippen molar-refractivity contribution in [1.29, 1.82) is 0 Å². The number of carboxylic acid groups (broad SMARTS) is 1. The molecule has 4 aromatic carbocycles. The standard InChI is InChI=1S/C41H46N2O11S3/c1-40(2)35(42(22-7-5-6-13-37(44)45)33-20-14-27-25-29(56(49,50)51)16-18-31(27)38(33)40)11-10-12-36-41(3,4)39-32-19-17-30(57(52,53)54)26-28(32)15-21-34(39)43(36)23-8-9-24-55(46,47)48/h10-12,14-21,25-26H,5-9,13,22-24H2,1-4H3,(H3-,44,45,46,47,48,49,50,51,52,53,54)/p+1. The van der Waals surface area contributed by atoms with Gasteiger partial charge in [0, 0.05) is 53.9 Å². The number of fused-ring (bicyclic) bond motifs is 6. The Morgan fingerprint density at radius 1 is 0.719 bits per heavy atom. The Labute approximate surface area is 333 Å². The third kappa shape index (κ3) is 8.57. The second-order valence-electron chi connectivity index (χ2n) is 15.7. The molecule has 0 atom stereocenters. The van der Waals surface area contributed by atoms with Crippen molar-refractivity contribution in [1.82, 2.24) is 0 Å². The quantitative estimate of drug-likeness (QED) is 0.0525. The molecule has 2 aliphatic heterocycles. The largest absolute Gasteiger partial charge is 0.481 e. The van der Waals surface area contributed by atoms with Crippen LogP contribution in [0.5, 0.6) is 0 Å². The van der Waals surface area contributed by atoms with Crippen molar-refractivity contribution in [3.63, 3.8) is 0 Å². The summed E-state index contributed by atoms with van der Waals surface area (Å²) in [5.41, 5.74) is 4.32. The van der Waals surface area contributed by atoms with Crippen LogP contribution in [0.4, 0.5) is 11.4 Å². The third-order valence-electron chi connectivity index (χ3n) is 11.0. The molecule has 2 heterocycles. The van der Waals surface area contributed by atoms with E-state index >= 15 is 0 Å². The zero-order chi connectivity index (χ0) is 41.7. The summed E-state index contributed by atoms with van der Waals surface area (Å²) in [6, 6.07) is 16.5. The Balaban J connectivity index is 1.44. The minimum Gasteiger partial charge on any atom is -0.481 e. The average Bonchev–Trinajstić information content (AvgIpc) is 3.46. The summed E-state index contributed by atoms with van der Waals surface area (Å²) in [5.74, 6) is -1.22. The van der Waals surface area contributed by atoms with Gasteiger partial charge in [-0.25, -0.2) is 0 Å². The SMILES string of the molecule is CC1(C)C(=CC=CC2=[N+](CCCCCC(=O)O)c3ccc4cc(S(=O)(=O)O)ccc4c3C2(C)C)N(CCCCS(=O)(=O)O)c2ccc3cc(S(=O)(=O)O)ccc3c21. The molecular formula is C41H47N2O11S3+. The van der Waals surface area contributed by atoms with E-state index in [0.29, 0.717) is 49.5 Å². The van der Waals surface area contributed by atoms with Crippen molar-refractivity contribution in [2.75, 3.05) is 23.7 Å². The predicted octanol–water partition coefficient (Wildman–Crippen LogP) is 7.41. The lowest BCUT2D eigenvalue weighted by Crippen LogP contribution is -2.28. The first-order valence-electron chi connectivity index (χ1n) is 18.6. The molecule has 0 aliphatic carbocycles. The van der Waals surface area contributed by atoms with E-state index in [1.807, 2.05) is 36.4 Å². The van der Waals surface area contributed by atoms with Gasteiger partial charge in [-0.3, -0.25) is 18.5 Å². The molecule has 2 aliphatic rings. The van der Waals surface area contributed by atoms with Crippen molar-refractivity contribution in [2.45, 2.75) is 86.8 Å². The van der Waals surface area contributed by atoms with Crippen LogP contribution in [0.2, 0.25) is 0 Å².